The summed E-state index contributed by atoms with van der Waals surface area (Å²) < 4.78 is 0. The van der Waals surface area contributed by atoms with E-state index in [1.54, 1.807) is 11.3 Å². The molecule has 0 saturated heterocycles. The van der Waals surface area contributed by atoms with Crippen molar-refractivity contribution in [2.45, 2.75) is 26.2 Å². The van der Waals surface area contributed by atoms with Crippen LogP contribution in [-0.2, 0) is 17.6 Å². The Balaban J connectivity index is 1.85. The molecular formula is C16H18N2O2S. The number of rotatable bonds is 4. The molecule has 1 unspecified atom stereocenters. The smallest absolute Gasteiger partial charge is 0.303 e. The Labute approximate surface area is 128 Å². The van der Waals surface area contributed by atoms with E-state index in [2.05, 4.69) is 41.1 Å². The average molecular weight is 302 g/mol. The molecule has 5 heteroatoms. The maximum absolute atomic E-state index is 10.7. The van der Waals surface area contributed by atoms with Gasteiger partial charge < -0.3 is 10.0 Å². The van der Waals surface area contributed by atoms with E-state index in [0.29, 0.717) is 12.3 Å². The largest absolute Gasteiger partial charge is 0.481 e. The second-order valence-corrected chi connectivity index (χ2v) is 6.40. The van der Waals surface area contributed by atoms with Crippen LogP contribution >= 0.6 is 11.3 Å². The maximum atomic E-state index is 10.7. The molecule has 1 aliphatic rings. The third kappa shape index (κ3) is 3.08. The van der Waals surface area contributed by atoms with Gasteiger partial charge in [0.15, 0.2) is 5.13 Å². The zero-order chi connectivity index (χ0) is 14.8. The van der Waals surface area contributed by atoms with Crippen molar-refractivity contribution in [2.75, 3.05) is 11.4 Å². The lowest BCUT2D eigenvalue weighted by atomic mass is 9.94. The van der Waals surface area contributed by atoms with Crippen molar-refractivity contribution < 1.29 is 9.90 Å². The van der Waals surface area contributed by atoms with Gasteiger partial charge >= 0.3 is 5.97 Å². The second-order valence-electron chi connectivity index (χ2n) is 5.56. The highest BCUT2D eigenvalue weighted by atomic mass is 32.1. The van der Waals surface area contributed by atoms with Crippen molar-refractivity contribution in [3.63, 3.8) is 0 Å². The molecule has 3 rings (SSSR count). The Morgan fingerprint density at radius 3 is 3.10 bits per heavy atom. The predicted molar refractivity (Wildman–Crippen MR) is 84.4 cm³/mol. The lowest BCUT2D eigenvalue weighted by molar-refractivity contribution is -0.136. The van der Waals surface area contributed by atoms with Crippen molar-refractivity contribution in [1.29, 1.82) is 0 Å². The maximum Gasteiger partial charge on any atom is 0.303 e. The number of fused-ring (bicyclic) bond motifs is 1. The molecule has 1 aromatic heterocycles. The number of aryl methyl sites for hydroxylation is 1. The molecule has 0 aliphatic carbocycles. The number of hydrogen-bond acceptors (Lipinski definition) is 4. The first kappa shape index (κ1) is 14.1. The molecule has 2 heterocycles. The molecule has 4 nitrogen and oxygen atoms in total. The summed E-state index contributed by atoms with van der Waals surface area (Å²) in [5.41, 5.74) is 3.46. The van der Waals surface area contributed by atoms with Crippen molar-refractivity contribution in [3.05, 3.63) is 40.9 Å². The fraction of sp³-hybridized carbons (Fsp3) is 0.375. The third-order valence-corrected chi connectivity index (χ3v) is 4.62. The summed E-state index contributed by atoms with van der Waals surface area (Å²) in [6.07, 6.45) is 1.73. The van der Waals surface area contributed by atoms with Crippen molar-refractivity contribution >= 4 is 28.1 Å². The molecule has 1 aliphatic heterocycles. The van der Waals surface area contributed by atoms with Crippen molar-refractivity contribution in [3.8, 4) is 0 Å². The van der Waals surface area contributed by atoms with Crippen LogP contribution in [0.15, 0.2) is 29.6 Å². The van der Waals surface area contributed by atoms with Gasteiger partial charge in [-0.1, -0.05) is 25.1 Å². The minimum atomic E-state index is -0.776. The molecule has 0 saturated carbocycles. The molecule has 0 spiro atoms. The molecule has 0 radical (unpaired) electrons. The SMILES string of the molecule is CC1Cc2ccccc2N(c2nc(CCC(=O)O)cs2)C1. The first-order valence-corrected chi connectivity index (χ1v) is 8.03. The van der Waals surface area contributed by atoms with Gasteiger partial charge in [-0.15, -0.1) is 11.3 Å². The summed E-state index contributed by atoms with van der Waals surface area (Å²) in [6, 6.07) is 8.45. The Bertz CT molecular complexity index is 653. The number of para-hydroxylation sites is 1. The summed E-state index contributed by atoms with van der Waals surface area (Å²) in [5.74, 6) is -0.187. The topological polar surface area (TPSA) is 53.4 Å². The van der Waals surface area contributed by atoms with E-state index in [1.807, 2.05) is 5.38 Å². The van der Waals surface area contributed by atoms with E-state index in [9.17, 15) is 4.79 Å². The minimum Gasteiger partial charge on any atom is -0.481 e. The number of carboxylic acid groups (broad SMARTS) is 1. The fourth-order valence-electron chi connectivity index (χ4n) is 2.75. The molecule has 2 aromatic rings. The molecule has 21 heavy (non-hydrogen) atoms. The third-order valence-electron chi connectivity index (χ3n) is 3.71. The first-order chi connectivity index (χ1) is 10.1. The summed E-state index contributed by atoms with van der Waals surface area (Å²) in [6.45, 7) is 3.21. The zero-order valence-electron chi connectivity index (χ0n) is 12.0. The number of benzene rings is 1. The van der Waals surface area contributed by atoms with Crippen molar-refractivity contribution in [2.24, 2.45) is 5.92 Å². The number of aliphatic carboxylic acids is 1. The summed E-state index contributed by atoms with van der Waals surface area (Å²) in [5, 5.41) is 11.7. The van der Waals surface area contributed by atoms with Gasteiger partial charge in [-0.2, -0.15) is 0 Å². The normalized spacial score (nSPS) is 17.6. The van der Waals surface area contributed by atoms with E-state index in [0.717, 1.165) is 23.8 Å². The standard InChI is InChI=1S/C16H18N2O2S/c1-11-8-12-4-2-3-5-14(12)18(9-11)16-17-13(10-21-16)6-7-15(19)20/h2-5,10-11H,6-9H2,1H3,(H,19,20). The van der Waals surface area contributed by atoms with Crippen LogP contribution in [0, 0.1) is 5.92 Å². The predicted octanol–water partition coefficient (Wildman–Crippen LogP) is 3.49. The van der Waals surface area contributed by atoms with Crippen LogP contribution in [0.1, 0.15) is 24.6 Å². The number of carboxylic acids is 1. The number of thiazole rings is 1. The van der Waals surface area contributed by atoms with Crippen LogP contribution in [-0.4, -0.2) is 22.6 Å². The monoisotopic (exact) mass is 302 g/mol. The molecule has 1 aromatic carbocycles. The first-order valence-electron chi connectivity index (χ1n) is 7.15. The van der Waals surface area contributed by atoms with E-state index < -0.39 is 5.97 Å². The van der Waals surface area contributed by atoms with E-state index in [1.165, 1.54) is 11.3 Å². The van der Waals surface area contributed by atoms with Crippen LogP contribution in [0.2, 0.25) is 0 Å². The number of aromatic nitrogens is 1. The van der Waals surface area contributed by atoms with Gasteiger partial charge in [0.2, 0.25) is 0 Å². The Kier molecular flexibility index (Phi) is 3.92. The van der Waals surface area contributed by atoms with Crippen LogP contribution in [0.3, 0.4) is 0 Å². The number of nitrogens with zero attached hydrogens (tertiary/aromatic N) is 2. The van der Waals surface area contributed by atoms with Gasteiger partial charge in [-0.3, -0.25) is 4.79 Å². The fourth-order valence-corrected chi connectivity index (χ4v) is 3.63. The molecule has 0 fully saturated rings. The van der Waals surface area contributed by atoms with Gasteiger partial charge in [0.1, 0.15) is 0 Å². The lowest BCUT2D eigenvalue weighted by Crippen LogP contribution is -2.30. The Hall–Kier alpha value is -1.88. The lowest BCUT2D eigenvalue weighted by Gasteiger charge is -2.32. The Morgan fingerprint density at radius 2 is 2.29 bits per heavy atom. The van der Waals surface area contributed by atoms with E-state index >= 15 is 0 Å². The van der Waals surface area contributed by atoms with Crippen molar-refractivity contribution in [1.82, 2.24) is 4.98 Å². The number of hydrogen-bond donors (Lipinski definition) is 1. The summed E-state index contributed by atoms with van der Waals surface area (Å²) in [4.78, 5) is 17.5. The molecule has 1 atom stereocenters. The molecule has 110 valence electrons. The van der Waals surface area contributed by atoms with Gasteiger partial charge in [0.05, 0.1) is 12.1 Å². The second kappa shape index (κ2) is 5.85. The highest BCUT2D eigenvalue weighted by Gasteiger charge is 2.24. The van der Waals surface area contributed by atoms with E-state index in [4.69, 9.17) is 5.11 Å². The molecule has 0 amide bonds. The highest BCUT2D eigenvalue weighted by molar-refractivity contribution is 7.13. The summed E-state index contributed by atoms with van der Waals surface area (Å²) in [7, 11) is 0. The average Bonchev–Trinajstić information content (AvgIpc) is 2.93. The van der Waals surface area contributed by atoms with Crippen LogP contribution < -0.4 is 4.90 Å². The minimum absolute atomic E-state index is 0.135. The number of carbonyl (C=O) groups is 1. The van der Waals surface area contributed by atoms with Gasteiger partial charge in [-0.05, 0) is 24.0 Å². The molecular weight excluding hydrogens is 284 g/mol. The van der Waals surface area contributed by atoms with Gasteiger partial charge in [-0.25, -0.2) is 4.98 Å². The van der Waals surface area contributed by atoms with Gasteiger partial charge in [0.25, 0.3) is 0 Å². The van der Waals surface area contributed by atoms with Crippen LogP contribution in [0.4, 0.5) is 10.8 Å². The Morgan fingerprint density at radius 1 is 1.48 bits per heavy atom. The zero-order valence-corrected chi connectivity index (χ0v) is 12.8. The van der Waals surface area contributed by atoms with Crippen LogP contribution in [0.5, 0.6) is 0 Å². The van der Waals surface area contributed by atoms with Crippen LogP contribution in [0.25, 0.3) is 0 Å². The van der Waals surface area contributed by atoms with Gasteiger partial charge in [0, 0.05) is 24.0 Å². The quantitative estimate of drug-likeness (QED) is 0.939. The molecule has 1 N–H and O–H groups in total. The summed E-state index contributed by atoms with van der Waals surface area (Å²) >= 11 is 1.60. The molecule has 0 bridgehead atoms. The highest BCUT2D eigenvalue weighted by Crippen LogP contribution is 2.36. The number of anilines is 2. The van der Waals surface area contributed by atoms with E-state index in [-0.39, 0.29) is 6.42 Å².